The number of rotatable bonds is 2. The van der Waals surface area contributed by atoms with Crippen LogP contribution in [0.5, 0.6) is 23.0 Å². The van der Waals surface area contributed by atoms with E-state index in [0.717, 1.165) is 24.0 Å². The van der Waals surface area contributed by atoms with E-state index in [4.69, 9.17) is 9.47 Å². The van der Waals surface area contributed by atoms with E-state index in [1.165, 1.54) is 7.11 Å². The van der Waals surface area contributed by atoms with Crippen LogP contribution < -0.4 is 9.47 Å². The summed E-state index contributed by atoms with van der Waals surface area (Å²) < 4.78 is 11.0. The van der Waals surface area contributed by atoms with Gasteiger partial charge in [0.05, 0.1) is 7.11 Å². The van der Waals surface area contributed by atoms with Crippen LogP contribution in [0.25, 0.3) is 0 Å². The number of hydrogen-bond donors (Lipinski definition) is 2. The molecule has 0 bridgehead atoms. The van der Waals surface area contributed by atoms with Gasteiger partial charge in [-0.1, -0.05) is 12.1 Å². The Morgan fingerprint density at radius 3 is 2.75 bits per heavy atom. The highest BCUT2D eigenvalue weighted by Crippen LogP contribution is 2.38. The van der Waals surface area contributed by atoms with Crippen LogP contribution in [0.1, 0.15) is 23.7 Å². The highest BCUT2D eigenvalue weighted by atomic mass is 16.5. The number of hydrogen-bond acceptors (Lipinski definition) is 4. The Balaban J connectivity index is 1.88. The lowest BCUT2D eigenvalue weighted by atomic mass is 9.97. The van der Waals surface area contributed by atoms with E-state index in [2.05, 4.69) is 0 Å². The van der Waals surface area contributed by atoms with E-state index >= 15 is 0 Å². The molecule has 1 aliphatic rings. The molecule has 0 saturated heterocycles. The number of methoxy groups -OCH3 is 1. The number of aromatic hydroxyl groups is 2. The summed E-state index contributed by atoms with van der Waals surface area (Å²) in [5.41, 5.74) is 1.99. The van der Waals surface area contributed by atoms with Crippen molar-refractivity contribution in [3.05, 3.63) is 47.5 Å². The first kappa shape index (κ1) is 12.7. The molecule has 104 valence electrons. The predicted molar refractivity (Wildman–Crippen MR) is 74.5 cm³/mol. The Morgan fingerprint density at radius 1 is 1.15 bits per heavy atom. The molecule has 0 radical (unpaired) electrons. The molecule has 0 fully saturated rings. The lowest BCUT2D eigenvalue weighted by molar-refractivity contribution is 0.175. The first-order valence-corrected chi connectivity index (χ1v) is 6.53. The van der Waals surface area contributed by atoms with Crippen LogP contribution in [0.4, 0.5) is 0 Å². The summed E-state index contributed by atoms with van der Waals surface area (Å²) in [6, 6.07) is 10.5. The average Bonchev–Trinajstić information content (AvgIpc) is 2.46. The van der Waals surface area contributed by atoms with Crippen LogP contribution in [0.15, 0.2) is 36.4 Å². The number of ether oxygens (including phenoxy) is 2. The number of phenols is 2. The lowest BCUT2D eigenvalue weighted by Gasteiger charge is -2.26. The fraction of sp³-hybridized carbons (Fsp3) is 0.250. The van der Waals surface area contributed by atoms with Crippen molar-refractivity contribution >= 4 is 0 Å². The maximum Gasteiger partial charge on any atom is 0.160 e. The van der Waals surface area contributed by atoms with Crippen molar-refractivity contribution in [2.45, 2.75) is 18.9 Å². The van der Waals surface area contributed by atoms with E-state index in [-0.39, 0.29) is 17.6 Å². The minimum absolute atomic E-state index is 0.107. The second-order valence-corrected chi connectivity index (χ2v) is 4.87. The van der Waals surface area contributed by atoms with Gasteiger partial charge in [-0.3, -0.25) is 0 Å². The first-order valence-electron chi connectivity index (χ1n) is 6.53. The molecule has 0 saturated carbocycles. The Bertz CT molecular complexity index is 636. The van der Waals surface area contributed by atoms with Gasteiger partial charge in [0.1, 0.15) is 17.6 Å². The average molecular weight is 272 g/mol. The monoisotopic (exact) mass is 272 g/mol. The third-order valence-corrected chi connectivity index (χ3v) is 3.57. The minimum Gasteiger partial charge on any atom is -0.508 e. The number of benzene rings is 2. The van der Waals surface area contributed by atoms with Gasteiger partial charge in [-0.15, -0.1) is 0 Å². The number of aryl methyl sites for hydroxylation is 1. The highest BCUT2D eigenvalue weighted by molar-refractivity contribution is 5.45. The summed E-state index contributed by atoms with van der Waals surface area (Å²) in [7, 11) is 1.52. The largest absolute Gasteiger partial charge is 0.508 e. The van der Waals surface area contributed by atoms with Crippen LogP contribution in [0, 0.1) is 0 Å². The van der Waals surface area contributed by atoms with Crippen LogP contribution in [-0.2, 0) is 6.42 Å². The molecule has 2 N–H and O–H groups in total. The smallest absolute Gasteiger partial charge is 0.160 e. The standard InChI is InChI=1S/C16H16O4/c1-19-15-7-4-11(8-13(15)18)14-6-3-10-2-5-12(17)9-16(10)20-14/h2,4-5,7-9,14,17-18H,3,6H2,1H3/t14-/m1/s1. The Hall–Kier alpha value is -2.36. The van der Waals surface area contributed by atoms with Gasteiger partial charge >= 0.3 is 0 Å². The van der Waals surface area contributed by atoms with Gasteiger partial charge in [0.2, 0.25) is 0 Å². The third-order valence-electron chi connectivity index (χ3n) is 3.57. The van der Waals surface area contributed by atoms with Gasteiger partial charge in [-0.25, -0.2) is 0 Å². The van der Waals surface area contributed by atoms with Crippen LogP contribution in [0.2, 0.25) is 0 Å². The molecule has 4 nitrogen and oxygen atoms in total. The van der Waals surface area contributed by atoms with Gasteiger partial charge in [0.15, 0.2) is 11.5 Å². The minimum atomic E-state index is -0.124. The molecule has 1 heterocycles. The Labute approximate surface area is 117 Å². The molecule has 0 aromatic heterocycles. The van der Waals surface area contributed by atoms with E-state index in [1.807, 2.05) is 12.1 Å². The normalized spacial score (nSPS) is 17.1. The predicted octanol–water partition coefficient (Wildman–Crippen LogP) is 3.17. The van der Waals surface area contributed by atoms with Crippen molar-refractivity contribution < 1.29 is 19.7 Å². The van der Waals surface area contributed by atoms with Crippen LogP contribution in [-0.4, -0.2) is 17.3 Å². The van der Waals surface area contributed by atoms with Crippen LogP contribution in [0.3, 0.4) is 0 Å². The topological polar surface area (TPSA) is 58.9 Å². The van der Waals surface area contributed by atoms with Gasteiger partial charge < -0.3 is 19.7 Å². The quantitative estimate of drug-likeness (QED) is 0.881. The van der Waals surface area contributed by atoms with Crippen molar-refractivity contribution in [1.29, 1.82) is 0 Å². The van der Waals surface area contributed by atoms with Crippen molar-refractivity contribution in [3.8, 4) is 23.0 Å². The highest BCUT2D eigenvalue weighted by Gasteiger charge is 2.22. The Kier molecular flexibility index (Phi) is 3.14. The molecule has 4 heteroatoms. The summed E-state index contributed by atoms with van der Waals surface area (Å²) in [5, 5.41) is 19.4. The van der Waals surface area contributed by atoms with E-state index < -0.39 is 0 Å². The van der Waals surface area contributed by atoms with Crippen LogP contribution >= 0.6 is 0 Å². The zero-order chi connectivity index (χ0) is 14.1. The summed E-state index contributed by atoms with van der Waals surface area (Å²) >= 11 is 0. The maximum atomic E-state index is 9.84. The molecular formula is C16H16O4. The summed E-state index contributed by atoms with van der Waals surface area (Å²) in [5.74, 6) is 1.46. The Morgan fingerprint density at radius 2 is 2.00 bits per heavy atom. The SMILES string of the molecule is COc1ccc([C@H]2CCc3ccc(O)cc3O2)cc1O. The van der Waals surface area contributed by atoms with Crippen molar-refractivity contribution in [2.24, 2.45) is 0 Å². The summed E-state index contributed by atoms with van der Waals surface area (Å²) in [6.07, 6.45) is 1.59. The summed E-state index contributed by atoms with van der Waals surface area (Å²) in [6.45, 7) is 0. The molecule has 2 aromatic carbocycles. The molecule has 3 rings (SSSR count). The molecule has 0 amide bonds. The fourth-order valence-electron chi connectivity index (χ4n) is 2.50. The van der Waals surface area contributed by atoms with Gasteiger partial charge in [0.25, 0.3) is 0 Å². The van der Waals surface area contributed by atoms with Crippen molar-refractivity contribution in [3.63, 3.8) is 0 Å². The zero-order valence-corrected chi connectivity index (χ0v) is 11.2. The zero-order valence-electron chi connectivity index (χ0n) is 11.2. The van der Waals surface area contributed by atoms with E-state index in [1.54, 1.807) is 24.3 Å². The van der Waals surface area contributed by atoms with E-state index in [0.29, 0.717) is 11.5 Å². The molecule has 2 aromatic rings. The molecule has 0 aliphatic carbocycles. The number of fused-ring (bicyclic) bond motifs is 1. The fourth-order valence-corrected chi connectivity index (χ4v) is 2.50. The maximum absolute atomic E-state index is 9.84. The first-order chi connectivity index (χ1) is 9.67. The van der Waals surface area contributed by atoms with Crippen molar-refractivity contribution in [2.75, 3.05) is 7.11 Å². The van der Waals surface area contributed by atoms with E-state index in [9.17, 15) is 10.2 Å². The molecule has 1 aliphatic heterocycles. The number of phenolic OH excluding ortho intramolecular Hbond substituents is 2. The third kappa shape index (κ3) is 2.25. The van der Waals surface area contributed by atoms with Gasteiger partial charge in [-0.2, -0.15) is 0 Å². The molecule has 20 heavy (non-hydrogen) atoms. The van der Waals surface area contributed by atoms with Gasteiger partial charge in [0, 0.05) is 6.07 Å². The lowest BCUT2D eigenvalue weighted by Crippen LogP contribution is -2.15. The second-order valence-electron chi connectivity index (χ2n) is 4.87. The van der Waals surface area contributed by atoms with Crippen molar-refractivity contribution in [1.82, 2.24) is 0 Å². The second kappa shape index (κ2) is 4.96. The molecular weight excluding hydrogens is 256 g/mol. The molecule has 0 unspecified atom stereocenters. The molecule has 1 atom stereocenters. The molecule has 0 spiro atoms. The van der Waals surface area contributed by atoms with Gasteiger partial charge in [-0.05, 0) is 42.2 Å². The summed E-state index contributed by atoms with van der Waals surface area (Å²) in [4.78, 5) is 0.